The fourth-order valence-electron chi connectivity index (χ4n) is 2.06. The third kappa shape index (κ3) is 3.57. The van der Waals surface area contributed by atoms with Crippen LogP contribution < -0.4 is 10.7 Å². The smallest absolute Gasteiger partial charge is 0.374 e. The maximum Gasteiger partial charge on any atom is 0.374 e. The summed E-state index contributed by atoms with van der Waals surface area (Å²) in [5.74, 6) is -1.81. The number of anilines is 1. The summed E-state index contributed by atoms with van der Waals surface area (Å²) in [4.78, 5) is 35.7. The minimum absolute atomic E-state index is 0.253. The normalized spacial score (nSPS) is 10.2. The molecule has 0 unspecified atom stereocenters. The molecule has 0 radical (unpaired) electrons. The van der Waals surface area contributed by atoms with Gasteiger partial charge in [-0.1, -0.05) is 12.1 Å². The Kier molecular flexibility index (Phi) is 4.59. The molecular weight excluding hydrogens is 344 g/mol. The van der Waals surface area contributed by atoms with Crippen molar-refractivity contribution in [3.8, 4) is 6.07 Å². The van der Waals surface area contributed by atoms with Crippen LogP contribution in [0.25, 0.3) is 11.0 Å². The molecule has 0 aliphatic carbocycles. The predicted octanol–water partition coefficient (Wildman–Crippen LogP) is 2.52. The van der Waals surface area contributed by atoms with E-state index >= 15 is 0 Å². The zero-order valence-electron chi connectivity index (χ0n) is 12.6. The number of hydrogen-bond donors (Lipinski definition) is 1. The van der Waals surface area contributed by atoms with Gasteiger partial charge in [-0.05, 0) is 23.6 Å². The lowest BCUT2D eigenvalue weighted by Crippen LogP contribution is -2.21. The largest absolute Gasteiger partial charge is 0.450 e. The molecule has 2 aromatic heterocycles. The van der Waals surface area contributed by atoms with Crippen molar-refractivity contribution < 1.29 is 18.7 Å². The van der Waals surface area contributed by atoms with Crippen molar-refractivity contribution in [2.45, 2.75) is 0 Å². The van der Waals surface area contributed by atoms with E-state index in [-0.39, 0.29) is 16.8 Å². The van der Waals surface area contributed by atoms with Crippen LogP contribution in [-0.2, 0) is 9.53 Å². The molecule has 124 valence electrons. The molecule has 0 aliphatic rings. The number of nitrogens with zero attached hydrogens (tertiary/aromatic N) is 1. The first-order valence-corrected chi connectivity index (χ1v) is 7.94. The van der Waals surface area contributed by atoms with Crippen LogP contribution in [0, 0.1) is 11.3 Å². The number of nitriles is 1. The quantitative estimate of drug-likeness (QED) is 0.721. The summed E-state index contributed by atoms with van der Waals surface area (Å²) in [6.45, 7) is -0.571. The van der Waals surface area contributed by atoms with Crippen molar-refractivity contribution in [2.24, 2.45) is 0 Å². The van der Waals surface area contributed by atoms with Gasteiger partial charge in [0.2, 0.25) is 5.76 Å². The number of thiophene rings is 1. The van der Waals surface area contributed by atoms with Gasteiger partial charge in [0.1, 0.15) is 16.7 Å². The lowest BCUT2D eigenvalue weighted by Gasteiger charge is -2.05. The number of benzene rings is 1. The molecule has 3 aromatic rings. The van der Waals surface area contributed by atoms with Crippen molar-refractivity contribution >= 4 is 39.2 Å². The second kappa shape index (κ2) is 6.98. The van der Waals surface area contributed by atoms with Crippen molar-refractivity contribution in [3.63, 3.8) is 0 Å². The van der Waals surface area contributed by atoms with E-state index in [0.29, 0.717) is 16.0 Å². The number of esters is 1. The molecule has 25 heavy (non-hydrogen) atoms. The molecule has 1 aromatic carbocycles. The minimum Gasteiger partial charge on any atom is -0.450 e. The first-order valence-electron chi connectivity index (χ1n) is 7.06. The van der Waals surface area contributed by atoms with E-state index in [0.717, 1.165) is 6.07 Å². The van der Waals surface area contributed by atoms with Crippen LogP contribution in [0.15, 0.2) is 51.0 Å². The SMILES string of the molecule is N#Cc1ccsc1NC(=O)COC(=O)c1cc(=O)c2ccccc2o1. The van der Waals surface area contributed by atoms with Gasteiger partial charge in [-0.3, -0.25) is 9.59 Å². The monoisotopic (exact) mass is 354 g/mol. The number of nitrogens with one attached hydrogen (secondary N) is 1. The molecule has 0 saturated heterocycles. The van der Waals surface area contributed by atoms with Gasteiger partial charge >= 0.3 is 5.97 Å². The molecular formula is C17H10N2O5S. The van der Waals surface area contributed by atoms with Crippen molar-refractivity contribution in [2.75, 3.05) is 11.9 Å². The minimum atomic E-state index is -0.926. The van der Waals surface area contributed by atoms with Gasteiger partial charge in [0.05, 0.1) is 10.9 Å². The van der Waals surface area contributed by atoms with Crippen molar-refractivity contribution in [1.82, 2.24) is 0 Å². The number of para-hydroxylation sites is 1. The number of amides is 1. The van der Waals surface area contributed by atoms with Gasteiger partial charge < -0.3 is 14.5 Å². The van der Waals surface area contributed by atoms with Gasteiger partial charge in [-0.15, -0.1) is 11.3 Å². The second-order valence-corrected chi connectivity index (χ2v) is 5.79. The summed E-state index contributed by atoms with van der Waals surface area (Å²) in [5, 5.41) is 13.7. The van der Waals surface area contributed by atoms with Crippen LogP contribution in [0.3, 0.4) is 0 Å². The summed E-state index contributed by atoms with van der Waals surface area (Å²) >= 11 is 1.18. The van der Waals surface area contributed by atoms with Crippen molar-refractivity contribution in [1.29, 1.82) is 5.26 Å². The first-order chi connectivity index (χ1) is 12.1. The van der Waals surface area contributed by atoms with Crippen LogP contribution in [0.2, 0.25) is 0 Å². The number of hydrogen-bond acceptors (Lipinski definition) is 7. The van der Waals surface area contributed by atoms with Gasteiger partial charge in [0.15, 0.2) is 12.0 Å². The third-order valence-corrected chi connectivity index (χ3v) is 4.04. The van der Waals surface area contributed by atoms with Crippen LogP contribution >= 0.6 is 11.3 Å². The first kappa shape index (κ1) is 16.4. The lowest BCUT2D eigenvalue weighted by molar-refractivity contribution is -0.119. The Labute approximate surface area is 145 Å². The molecule has 0 spiro atoms. The highest BCUT2D eigenvalue weighted by Crippen LogP contribution is 2.21. The molecule has 3 rings (SSSR count). The van der Waals surface area contributed by atoms with Gasteiger partial charge in [-0.2, -0.15) is 5.26 Å². The van der Waals surface area contributed by atoms with Gasteiger partial charge in [0, 0.05) is 6.07 Å². The highest BCUT2D eigenvalue weighted by Gasteiger charge is 2.16. The fraction of sp³-hybridized carbons (Fsp3) is 0.0588. The van der Waals surface area contributed by atoms with E-state index in [4.69, 9.17) is 14.4 Å². The Morgan fingerprint density at radius 3 is 2.88 bits per heavy atom. The molecule has 8 heteroatoms. The zero-order chi connectivity index (χ0) is 17.8. The number of carbonyl (C=O) groups excluding carboxylic acids is 2. The topological polar surface area (TPSA) is 109 Å². The number of ether oxygens (including phenoxy) is 1. The lowest BCUT2D eigenvalue weighted by atomic mass is 10.2. The third-order valence-electron chi connectivity index (χ3n) is 3.21. The van der Waals surface area contributed by atoms with Crippen LogP contribution in [0.1, 0.15) is 16.1 Å². The summed E-state index contributed by atoms with van der Waals surface area (Å²) < 4.78 is 10.2. The maximum atomic E-state index is 12.0. The number of carbonyl (C=O) groups is 2. The summed E-state index contributed by atoms with van der Waals surface area (Å²) in [5.41, 5.74) is 0.198. The molecule has 0 atom stereocenters. The Balaban J connectivity index is 1.68. The average molecular weight is 354 g/mol. The summed E-state index contributed by atoms with van der Waals surface area (Å²) in [7, 11) is 0. The molecule has 0 fully saturated rings. The van der Waals surface area contributed by atoms with E-state index in [1.165, 1.54) is 11.3 Å². The Hall–Kier alpha value is -3.44. The van der Waals surface area contributed by atoms with E-state index in [9.17, 15) is 14.4 Å². The molecule has 1 amide bonds. The summed E-state index contributed by atoms with van der Waals surface area (Å²) in [6, 6.07) is 11.0. The highest BCUT2D eigenvalue weighted by molar-refractivity contribution is 7.14. The van der Waals surface area contributed by atoms with Crippen molar-refractivity contribution in [3.05, 3.63) is 63.3 Å². The number of rotatable bonds is 4. The predicted molar refractivity (Wildman–Crippen MR) is 90.4 cm³/mol. The van der Waals surface area contributed by atoms with E-state index in [2.05, 4.69) is 5.32 Å². The Bertz CT molecular complexity index is 1060. The fourth-order valence-corrected chi connectivity index (χ4v) is 2.82. The standard InChI is InChI=1S/C17H10N2O5S/c18-8-10-5-6-25-16(10)19-15(21)9-23-17(22)14-7-12(20)11-3-1-2-4-13(11)24-14/h1-7H,9H2,(H,19,21). The maximum absolute atomic E-state index is 12.0. The van der Waals surface area contributed by atoms with Crippen LogP contribution in [-0.4, -0.2) is 18.5 Å². The van der Waals surface area contributed by atoms with E-state index < -0.39 is 18.5 Å². The zero-order valence-corrected chi connectivity index (χ0v) is 13.5. The van der Waals surface area contributed by atoms with Crippen LogP contribution in [0.4, 0.5) is 5.00 Å². The second-order valence-electron chi connectivity index (χ2n) is 4.87. The van der Waals surface area contributed by atoms with Gasteiger partial charge in [0.25, 0.3) is 5.91 Å². The Morgan fingerprint density at radius 2 is 2.08 bits per heavy atom. The van der Waals surface area contributed by atoms with E-state index in [1.54, 1.807) is 35.7 Å². The molecule has 0 aliphatic heterocycles. The molecule has 2 heterocycles. The highest BCUT2D eigenvalue weighted by atomic mass is 32.1. The summed E-state index contributed by atoms with van der Waals surface area (Å²) in [6.07, 6.45) is 0. The van der Waals surface area contributed by atoms with Crippen LogP contribution in [0.5, 0.6) is 0 Å². The number of fused-ring (bicyclic) bond motifs is 1. The average Bonchev–Trinajstić information content (AvgIpc) is 3.06. The molecule has 7 nitrogen and oxygen atoms in total. The van der Waals surface area contributed by atoms with Gasteiger partial charge in [-0.25, -0.2) is 4.79 Å². The van der Waals surface area contributed by atoms with E-state index in [1.807, 2.05) is 6.07 Å². The molecule has 0 bridgehead atoms. The molecule has 1 N–H and O–H groups in total. The molecule has 0 saturated carbocycles. The Morgan fingerprint density at radius 1 is 1.28 bits per heavy atom.